The molecule has 0 fully saturated rings. The van der Waals surface area contributed by atoms with E-state index in [1.54, 1.807) is 31.4 Å². The molecule has 2 aromatic heterocycles. The molecule has 0 spiro atoms. The molecule has 122 valence electrons. The van der Waals surface area contributed by atoms with Crippen LogP contribution in [-0.2, 0) is 6.54 Å². The predicted molar refractivity (Wildman–Crippen MR) is 94.1 cm³/mol. The zero-order valence-electron chi connectivity index (χ0n) is 12.9. The van der Waals surface area contributed by atoms with E-state index in [0.29, 0.717) is 29.6 Å². The summed E-state index contributed by atoms with van der Waals surface area (Å²) in [5.74, 6) is 1.46. The van der Waals surface area contributed by atoms with Crippen LogP contribution >= 0.6 is 15.9 Å². The van der Waals surface area contributed by atoms with Crippen molar-refractivity contribution in [2.45, 2.75) is 13.5 Å². The number of carbonyl (C=O) groups excluding carboxylic acids is 1. The second kappa shape index (κ2) is 7.27. The molecule has 0 aliphatic heterocycles. The van der Waals surface area contributed by atoms with E-state index in [1.807, 2.05) is 24.3 Å². The topological polar surface area (TPSA) is 80.0 Å². The predicted octanol–water partition coefficient (Wildman–Crippen LogP) is 3.81. The first kappa shape index (κ1) is 16.2. The SMILES string of the molecule is Cc1nc(Nc2ccccc2Br)cc(C(=O)NCc2ccco2)n1. The smallest absolute Gasteiger partial charge is 0.270 e. The molecule has 0 saturated carbocycles. The number of hydrogen-bond acceptors (Lipinski definition) is 5. The molecule has 2 N–H and O–H groups in total. The van der Waals surface area contributed by atoms with Gasteiger partial charge in [-0.1, -0.05) is 12.1 Å². The maximum atomic E-state index is 12.3. The van der Waals surface area contributed by atoms with Crippen molar-refractivity contribution in [2.75, 3.05) is 5.32 Å². The van der Waals surface area contributed by atoms with Crippen molar-refractivity contribution in [3.63, 3.8) is 0 Å². The van der Waals surface area contributed by atoms with Crippen LogP contribution < -0.4 is 10.6 Å². The average molecular weight is 387 g/mol. The molecule has 0 saturated heterocycles. The zero-order chi connectivity index (χ0) is 16.9. The normalized spacial score (nSPS) is 10.4. The number of halogens is 1. The van der Waals surface area contributed by atoms with E-state index in [2.05, 4.69) is 36.5 Å². The molecule has 1 aromatic carbocycles. The Hall–Kier alpha value is -2.67. The van der Waals surface area contributed by atoms with Gasteiger partial charge in [-0.05, 0) is 47.1 Å². The molecule has 2 heterocycles. The van der Waals surface area contributed by atoms with Gasteiger partial charge in [0.25, 0.3) is 5.91 Å². The minimum atomic E-state index is -0.285. The Morgan fingerprint density at radius 2 is 2.04 bits per heavy atom. The van der Waals surface area contributed by atoms with Crippen molar-refractivity contribution in [3.05, 3.63) is 70.5 Å². The van der Waals surface area contributed by atoms with Crippen molar-refractivity contribution in [2.24, 2.45) is 0 Å². The number of nitrogens with zero attached hydrogens (tertiary/aromatic N) is 2. The van der Waals surface area contributed by atoms with Gasteiger partial charge < -0.3 is 15.1 Å². The van der Waals surface area contributed by atoms with Crippen LogP contribution in [0.5, 0.6) is 0 Å². The number of rotatable bonds is 5. The van der Waals surface area contributed by atoms with Crippen LogP contribution in [0.3, 0.4) is 0 Å². The molecule has 0 bridgehead atoms. The van der Waals surface area contributed by atoms with Crippen LogP contribution in [0.25, 0.3) is 0 Å². The van der Waals surface area contributed by atoms with Crippen molar-refractivity contribution < 1.29 is 9.21 Å². The molecule has 7 heteroatoms. The fourth-order valence-corrected chi connectivity index (χ4v) is 2.50. The van der Waals surface area contributed by atoms with Crippen molar-refractivity contribution in [1.82, 2.24) is 15.3 Å². The number of amides is 1. The summed E-state index contributed by atoms with van der Waals surface area (Å²) >= 11 is 3.47. The summed E-state index contributed by atoms with van der Waals surface area (Å²) in [7, 11) is 0. The minimum absolute atomic E-state index is 0.285. The number of hydrogen-bond donors (Lipinski definition) is 2. The third-order valence-corrected chi connectivity index (χ3v) is 3.90. The highest BCUT2D eigenvalue weighted by molar-refractivity contribution is 9.10. The Morgan fingerprint density at radius 3 is 2.79 bits per heavy atom. The van der Waals surface area contributed by atoms with Gasteiger partial charge in [-0.3, -0.25) is 4.79 Å². The second-order valence-electron chi connectivity index (χ2n) is 5.05. The summed E-state index contributed by atoms with van der Waals surface area (Å²) < 4.78 is 6.10. The minimum Gasteiger partial charge on any atom is -0.467 e. The number of para-hydroxylation sites is 1. The third-order valence-electron chi connectivity index (χ3n) is 3.21. The molecule has 0 atom stereocenters. The molecule has 0 radical (unpaired) electrons. The lowest BCUT2D eigenvalue weighted by Crippen LogP contribution is -2.24. The van der Waals surface area contributed by atoms with E-state index >= 15 is 0 Å². The molecule has 6 nitrogen and oxygen atoms in total. The summed E-state index contributed by atoms with van der Waals surface area (Å²) in [6, 6.07) is 12.9. The maximum absolute atomic E-state index is 12.3. The Balaban J connectivity index is 1.75. The number of nitrogens with one attached hydrogen (secondary N) is 2. The summed E-state index contributed by atoms with van der Waals surface area (Å²) in [6.07, 6.45) is 1.57. The van der Waals surface area contributed by atoms with E-state index in [9.17, 15) is 4.79 Å². The summed E-state index contributed by atoms with van der Waals surface area (Å²) in [5, 5.41) is 5.95. The Morgan fingerprint density at radius 1 is 1.21 bits per heavy atom. The molecule has 24 heavy (non-hydrogen) atoms. The van der Waals surface area contributed by atoms with Crippen LogP contribution in [0, 0.1) is 6.92 Å². The van der Waals surface area contributed by atoms with Crippen LogP contribution in [0.1, 0.15) is 22.1 Å². The standard InChI is InChI=1S/C17H15BrN4O2/c1-11-20-15(17(23)19-10-12-5-4-8-24-12)9-16(21-11)22-14-7-3-2-6-13(14)18/h2-9H,10H2,1H3,(H,19,23)(H,20,21,22). The average Bonchev–Trinajstić information content (AvgIpc) is 3.08. The first-order valence-corrected chi connectivity index (χ1v) is 8.09. The fraction of sp³-hybridized carbons (Fsp3) is 0.118. The highest BCUT2D eigenvalue weighted by Gasteiger charge is 2.11. The highest BCUT2D eigenvalue weighted by Crippen LogP contribution is 2.24. The van der Waals surface area contributed by atoms with Crippen molar-refractivity contribution >= 4 is 33.3 Å². The molecular weight excluding hydrogens is 372 g/mol. The molecule has 0 aliphatic rings. The molecule has 3 aromatic rings. The van der Waals surface area contributed by atoms with Gasteiger partial charge in [0.1, 0.15) is 23.1 Å². The monoisotopic (exact) mass is 386 g/mol. The number of furan rings is 1. The van der Waals surface area contributed by atoms with Gasteiger partial charge >= 0.3 is 0 Å². The Bertz CT molecular complexity index is 850. The molecule has 3 rings (SSSR count). The molecule has 1 amide bonds. The van der Waals surface area contributed by atoms with Gasteiger partial charge in [-0.15, -0.1) is 0 Å². The largest absolute Gasteiger partial charge is 0.467 e. The van der Waals surface area contributed by atoms with E-state index in [4.69, 9.17) is 4.42 Å². The lowest BCUT2D eigenvalue weighted by molar-refractivity contribution is 0.0942. The summed E-state index contributed by atoms with van der Waals surface area (Å²) in [6.45, 7) is 2.05. The van der Waals surface area contributed by atoms with E-state index in [0.717, 1.165) is 10.2 Å². The summed E-state index contributed by atoms with van der Waals surface area (Å²) in [4.78, 5) is 20.8. The fourth-order valence-electron chi connectivity index (χ4n) is 2.12. The van der Waals surface area contributed by atoms with Crippen molar-refractivity contribution in [1.29, 1.82) is 0 Å². The summed E-state index contributed by atoms with van der Waals surface area (Å²) in [5.41, 5.74) is 1.15. The number of anilines is 2. The van der Waals surface area contributed by atoms with Crippen LogP contribution in [-0.4, -0.2) is 15.9 Å². The maximum Gasteiger partial charge on any atom is 0.270 e. The molecule has 0 aliphatic carbocycles. The highest BCUT2D eigenvalue weighted by atomic mass is 79.9. The van der Waals surface area contributed by atoms with Gasteiger partial charge in [0, 0.05) is 10.5 Å². The number of aryl methyl sites for hydroxylation is 1. The van der Waals surface area contributed by atoms with Crippen LogP contribution in [0.15, 0.2) is 57.6 Å². The number of benzene rings is 1. The lowest BCUT2D eigenvalue weighted by Gasteiger charge is -2.10. The third kappa shape index (κ3) is 3.99. The van der Waals surface area contributed by atoms with Gasteiger partial charge in [0.2, 0.25) is 0 Å². The Labute approximate surface area is 147 Å². The number of carbonyl (C=O) groups is 1. The number of aromatic nitrogens is 2. The first-order chi connectivity index (χ1) is 11.6. The Kier molecular flexibility index (Phi) is 4.90. The van der Waals surface area contributed by atoms with E-state index < -0.39 is 0 Å². The van der Waals surface area contributed by atoms with E-state index in [1.165, 1.54) is 0 Å². The van der Waals surface area contributed by atoms with Gasteiger partial charge in [0.05, 0.1) is 18.5 Å². The zero-order valence-corrected chi connectivity index (χ0v) is 14.5. The van der Waals surface area contributed by atoms with E-state index in [-0.39, 0.29) is 5.91 Å². The van der Waals surface area contributed by atoms with Gasteiger partial charge in [-0.2, -0.15) is 0 Å². The first-order valence-electron chi connectivity index (χ1n) is 7.29. The van der Waals surface area contributed by atoms with Crippen molar-refractivity contribution in [3.8, 4) is 0 Å². The van der Waals surface area contributed by atoms with Gasteiger partial charge in [0.15, 0.2) is 0 Å². The lowest BCUT2D eigenvalue weighted by atomic mass is 10.3. The molecule has 0 unspecified atom stereocenters. The van der Waals surface area contributed by atoms with Crippen LogP contribution in [0.2, 0.25) is 0 Å². The molecular formula is C17H15BrN4O2. The van der Waals surface area contributed by atoms with Crippen LogP contribution in [0.4, 0.5) is 11.5 Å². The second-order valence-corrected chi connectivity index (χ2v) is 5.91. The van der Waals surface area contributed by atoms with Gasteiger partial charge in [-0.25, -0.2) is 9.97 Å². The quantitative estimate of drug-likeness (QED) is 0.696.